The lowest BCUT2D eigenvalue weighted by Gasteiger charge is -2.27. The van der Waals surface area contributed by atoms with Gasteiger partial charge in [-0.15, -0.1) is 0 Å². The van der Waals surface area contributed by atoms with E-state index < -0.39 is 28.1 Å². The molecule has 0 heterocycles. The Balaban J connectivity index is 4.79. The van der Waals surface area contributed by atoms with Crippen LogP contribution in [0.3, 0.4) is 0 Å². The van der Waals surface area contributed by atoms with Gasteiger partial charge in [-0.1, -0.05) is 0 Å². The summed E-state index contributed by atoms with van der Waals surface area (Å²) in [5.74, 6) is 0. The highest BCUT2D eigenvalue weighted by Gasteiger charge is 2.49. The topological polar surface area (TPSA) is 93.1 Å². The van der Waals surface area contributed by atoms with Crippen molar-refractivity contribution in [2.75, 3.05) is 7.11 Å². The van der Waals surface area contributed by atoms with Gasteiger partial charge in [-0.05, 0) is 19.6 Å². The molecule has 0 radical (unpaired) electrons. The van der Waals surface area contributed by atoms with Gasteiger partial charge in [0.15, 0.2) is 0 Å². The van der Waals surface area contributed by atoms with Crippen LogP contribution in [0.25, 0.3) is 0 Å². The van der Waals surface area contributed by atoms with E-state index in [2.05, 4.69) is 0 Å². The van der Waals surface area contributed by atoms with Crippen molar-refractivity contribution in [3.63, 3.8) is 0 Å². The van der Waals surface area contributed by atoms with Crippen molar-refractivity contribution in [1.82, 2.24) is 0 Å². The summed E-state index contributed by atoms with van der Waals surface area (Å²) >= 11 is 0. The van der Waals surface area contributed by atoms with E-state index in [0.29, 0.717) is 0 Å². The molecule has 0 bridgehead atoms. The Morgan fingerprint density at radius 2 is 1.50 bits per heavy atom. The van der Waals surface area contributed by atoms with Gasteiger partial charge < -0.3 is 18.8 Å². The lowest BCUT2D eigenvalue weighted by atomic mass is 11.6. The minimum atomic E-state index is -3.40. The maximum Gasteiger partial charge on any atom is 0.449 e. The first-order valence-corrected chi connectivity index (χ1v) is 9.10. The SMILES string of the molecule is CO[Si](C)(O[Si](C)(C)C(=O)O)C(=O)O. The van der Waals surface area contributed by atoms with Crippen LogP contribution in [0.1, 0.15) is 0 Å². The molecule has 0 saturated carbocycles. The van der Waals surface area contributed by atoms with Crippen LogP contribution in [0.15, 0.2) is 0 Å². The molecule has 0 aromatic heterocycles. The van der Waals surface area contributed by atoms with E-state index in [9.17, 15) is 9.59 Å². The molecule has 0 aromatic carbocycles. The number of hydrogen-bond donors (Lipinski definition) is 2. The summed E-state index contributed by atoms with van der Waals surface area (Å²) in [5.41, 5.74) is -2.30. The molecule has 0 saturated heterocycles. The quantitative estimate of drug-likeness (QED) is 0.704. The van der Waals surface area contributed by atoms with Crippen molar-refractivity contribution in [3.05, 3.63) is 0 Å². The third kappa shape index (κ3) is 2.91. The minimum Gasteiger partial charge on any atom is -0.484 e. The fourth-order valence-electron chi connectivity index (χ4n) is 0.703. The van der Waals surface area contributed by atoms with Gasteiger partial charge >= 0.3 is 22.5 Å². The Bertz CT molecular complexity index is 253. The second kappa shape index (κ2) is 4.21. The van der Waals surface area contributed by atoms with E-state index in [1.807, 2.05) is 0 Å². The Labute approximate surface area is 83.8 Å². The zero-order valence-corrected chi connectivity index (χ0v) is 10.5. The molecule has 0 aliphatic heterocycles. The lowest BCUT2D eigenvalue weighted by Crippen LogP contribution is -2.56. The van der Waals surface area contributed by atoms with Crippen LogP contribution in [0.5, 0.6) is 0 Å². The highest BCUT2D eigenvalue weighted by atomic mass is 28.4. The van der Waals surface area contributed by atoms with Gasteiger partial charge in [0.05, 0.1) is 0 Å². The Morgan fingerprint density at radius 3 is 1.71 bits per heavy atom. The van der Waals surface area contributed by atoms with Crippen molar-refractivity contribution >= 4 is 28.1 Å². The fourth-order valence-corrected chi connectivity index (χ4v) is 5.80. The number of carboxylic acid groups (broad SMARTS) is 2. The second-order valence-electron chi connectivity index (χ2n) is 3.37. The monoisotopic (exact) mass is 238 g/mol. The predicted molar refractivity (Wildman–Crippen MR) is 53.2 cm³/mol. The third-order valence-corrected chi connectivity index (χ3v) is 7.93. The molecule has 0 amide bonds. The van der Waals surface area contributed by atoms with Gasteiger partial charge in [0, 0.05) is 7.11 Å². The van der Waals surface area contributed by atoms with Gasteiger partial charge in [0.25, 0.3) is 5.59 Å². The van der Waals surface area contributed by atoms with Gasteiger partial charge in [0.2, 0.25) is 0 Å². The van der Waals surface area contributed by atoms with Gasteiger partial charge in [-0.3, -0.25) is 9.59 Å². The van der Waals surface area contributed by atoms with Crippen LogP contribution in [-0.4, -0.2) is 45.4 Å². The average molecular weight is 238 g/mol. The molecule has 0 fully saturated rings. The summed E-state index contributed by atoms with van der Waals surface area (Å²) in [5, 5.41) is 17.6. The van der Waals surface area contributed by atoms with Crippen molar-refractivity contribution in [2.45, 2.75) is 19.6 Å². The van der Waals surface area contributed by atoms with Crippen LogP contribution < -0.4 is 0 Å². The molecular weight excluding hydrogens is 224 g/mol. The summed E-state index contributed by atoms with van der Waals surface area (Å²) in [6.07, 6.45) is 0. The third-order valence-electron chi connectivity index (χ3n) is 1.74. The molecule has 82 valence electrons. The first-order chi connectivity index (χ1) is 6.15. The van der Waals surface area contributed by atoms with Crippen LogP contribution in [0, 0.1) is 0 Å². The van der Waals surface area contributed by atoms with Gasteiger partial charge in [-0.2, -0.15) is 0 Å². The van der Waals surface area contributed by atoms with Crippen molar-refractivity contribution in [2.24, 2.45) is 0 Å². The number of hydrogen-bond acceptors (Lipinski definition) is 4. The summed E-state index contributed by atoms with van der Waals surface area (Å²) in [7, 11) is -5.21. The van der Waals surface area contributed by atoms with E-state index in [4.69, 9.17) is 18.8 Å². The van der Waals surface area contributed by atoms with Gasteiger partial charge in [-0.25, -0.2) is 0 Å². The Morgan fingerprint density at radius 1 is 1.07 bits per heavy atom. The second-order valence-corrected chi connectivity index (χ2v) is 10.4. The standard InChI is InChI=1S/C6H14O6Si2/c1-11-14(4,6(9)10)12-13(2,3)5(7)8/h1-4H3,(H,7,8)(H,9,10). The molecule has 0 aromatic rings. The fraction of sp³-hybridized carbons (Fsp3) is 0.667. The van der Waals surface area contributed by atoms with E-state index in [0.717, 1.165) is 0 Å². The van der Waals surface area contributed by atoms with Crippen molar-refractivity contribution in [1.29, 1.82) is 0 Å². The summed E-state index contributed by atoms with van der Waals surface area (Å²) in [6.45, 7) is 4.15. The molecule has 2 N–H and O–H groups in total. The summed E-state index contributed by atoms with van der Waals surface area (Å²) < 4.78 is 9.93. The van der Waals surface area contributed by atoms with E-state index in [1.165, 1.54) is 26.8 Å². The van der Waals surface area contributed by atoms with Crippen molar-refractivity contribution in [3.8, 4) is 0 Å². The van der Waals surface area contributed by atoms with Crippen LogP contribution in [0.4, 0.5) is 9.59 Å². The molecule has 0 spiro atoms. The summed E-state index contributed by atoms with van der Waals surface area (Å²) in [6, 6.07) is 0. The molecular formula is C6H14O6Si2. The zero-order valence-electron chi connectivity index (χ0n) is 8.53. The Kier molecular flexibility index (Phi) is 4.00. The van der Waals surface area contributed by atoms with E-state index in [1.54, 1.807) is 0 Å². The largest absolute Gasteiger partial charge is 0.484 e. The first kappa shape index (κ1) is 13.3. The zero-order chi connectivity index (χ0) is 11.6. The maximum atomic E-state index is 10.8. The average Bonchev–Trinajstić information content (AvgIpc) is 2.02. The van der Waals surface area contributed by atoms with Crippen LogP contribution in [-0.2, 0) is 8.54 Å². The van der Waals surface area contributed by atoms with E-state index in [-0.39, 0.29) is 0 Å². The van der Waals surface area contributed by atoms with Crippen LogP contribution in [0.2, 0.25) is 19.6 Å². The number of carbonyl (C=O) groups is 2. The van der Waals surface area contributed by atoms with Gasteiger partial charge in [0.1, 0.15) is 0 Å². The molecule has 8 heteroatoms. The van der Waals surface area contributed by atoms with Crippen LogP contribution >= 0.6 is 0 Å². The normalized spacial score (nSPS) is 16.0. The highest BCUT2D eigenvalue weighted by Crippen LogP contribution is 2.16. The molecule has 14 heavy (non-hydrogen) atoms. The smallest absolute Gasteiger partial charge is 0.449 e. The minimum absolute atomic E-state index is 1.09. The predicted octanol–water partition coefficient (Wildman–Crippen LogP) is 1.45. The molecule has 0 rings (SSSR count). The highest BCUT2D eigenvalue weighted by molar-refractivity contribution is 7.07. The number of rotatable bonds is 5. The summed E-state index contributed by atoms with van der Waals surface area (Å²) in [4.78, 5) is 21.5. The molecule has 6 nitrogen and oxygen atoms in total. The van der Waals surface area contributed by atoms with E-state index >= 15 is 0 Å². The maximum absolute atomic E-state index is 10.8. The Hall–Kier alpha value is -0.706. The van der Waals surface area contributed by atoms with Crippen molar-refractivity contribution < 1.29 is 28.3 Å². The first-order valence-electron chi connectivity index (χ1n) is 3.88. The molecule has 1 unspecified atom stereocenters. The molecule has 1 atom stereocenters. The molecule has 0 aliphatic rings. The molecule has 0 aliphatic carbocycles. The lowest BCUT2D eigenvalue weighted by molar-refractivity contribution is 0.194.